The topological polar surface area (TPSA) is 69.4 Å². The molecule has 2 aromatic carbocycles. The first-order valence-corrected chi connectivity index (χ1v) is 5.81. The van der Waals surface area contributed by atoms with Gasteiger partial charge in [0.15, 0.2) is 17.9 Å². The zero-order valence-corrected chi connectivity index (χ0v) is 10.6. The molecule has 0 spiro atoms. The molecule has 0 radical (unpaired) electrons. The third kappa shape index (κ3) is 3.38. The third-order valence-corrected chi connectivity index (χ3v) is 2.71. The second-order valence-electron chi connectivity index (χ2n) is 4.13. The molecule has 0 amide bonds. The first kappa shape index (κ1) is 14.6. The van der Waals surface area contributed by atoms with E-state index in [1.54, 1.807) is 0 Å². The molecule has 0 aliphatic carbocycles. The number of ether oxygens (including phenoxy) is 1. The van der Waals surface area contributed by atoms with Crippen molar-refractivity contribution in [1.29, 1.82) is 0 Å². The molecular formula is C14H9F2NO4. The SMILES string of the molecule is O=Cc1cc([N+](=O)[O-])ccc1OCc1ccc(F)c(F)c1. The van der Waals surface area contributed by atoms with Crippen molar-refractivity contribution in [3.63, 3.8) is 0 Å². The van der Waals surface area contributed by atoms with Gasteiger partial charge in [0, 0.05) is 12.1 Å². The first-order chi connectivity index (χ1) is 10.0. The van der Waals surface area contributed by atoms with E-state index in [9.17, 15) is 23.7 Å². The Morgan fingerprint density at radius 3 is 2.52 bits per heavy atom. The molecule has 7 heteroatoms. The van der Waals surface area contributed by atoms with Crippen molar-refractivity contribution in [1.82, 2.24) is 0 Å². The number of benzene rings is 2. The summed E-state index contributed by atoms with van der Waals surface area (Å²) in [5, 5.41) is 10.6. The Hall–Kier alpha value is -2.83. The van der Waals surface area contributed by atoms with Crippen LogP contribution in [0.1, 0.15) is 15.9 Å². The van der Waals surface area contributed by atoms with Crippen LogP contribution in [0.15, 0.2) is 36.4 Å². The Bertz CT molecular complexity index is 703. The summed E-state index contributed by atoms with van der Waals surface area (Å²) < 4.78 is 31.1. The van der Waals surface area contributed by atoms with E-state index in [0.29, 0.717) is 11.8 Å². The normalized spacial score (nSPS) is 10.2. The molecule has 108 valence electrons. The summed E-state index contributed by atoms with van der Waals surface area (Å²) in [5.74, 6) is -1.85. The van der Waals surface area contributed by atoms with E-state index in [1.807, 2.05) is 0 Å². The van der Waals surface area contributed by atoms with Crippen LogP contribution in [0.4, 0.5) is 14.5 Å². The lowest BCUT2D eigenvalue weighted by Crippen LogP contribution is -2.00. The van der Waals surface area contributed by atoms with Gasteiger partial charge in [0.1, 0.15) is 12.4 Å². The molecule has 0 unspecified atom stereocenters. The standard InChI is InChI=1S/C14H9F2NO4/c15-12-3-1-9(5-13(12)16)8-21-14-4-2-11(17(19)20)6-10(14)7-18/h1-7H,8H2. The van der Waals surface area contributed by atoms with Gasteiger partial charge < -0.3 is 4.74 Å². The van der Waals surface area contributed by atoms with Gasteiger partial charge in [0.25, 0.3) is 5.69 Å². The molecule has 0 saturated heterocycles. The molecule has 2 rings (SSSR count). The Labute approximate surface area is 117 Å². The predicted octanol–water partition coefficient (Wildman–Crippen LogP) is 3.26. The van der Waals surface area contributed by atoms with Crippen LogP contribution in [-0.4, -0.2) is 11.2 Å². The van der Waals surface area contributed by atoms with E-state index in [-0.39, 0.29) is 23.6 Å². The fourth-order valence-electron chi connectivity index (χ4n) is 1.66. The van der Waals surface area contributed by atoms with E-state index in [2.05, 4.69) is 0 Å². The molecular weight excluding hydrogens is 284 g/mol. The monoisotopic (exact) mass is 293 g/mol. The second kappa shape index (κ2) is 6.08. The van der Waals surface area contributed by atoms with Gasteiger partial charge in [0.05, 0.1) is 10.5 Å². The Morgan fingerprint density at radius 1 is 1.14 bits per heavy atom. The molecule has 0 heterocycles. The van der Waals surface area contributed by atoms with E-state index in [4.69, 9.17) is 4.74 Å². The average Bonchev–Trinajstić information content (AvgIpc) is 2.48. The Kier molecular flexibility index (Phi) is 4.22. The molecule has 0 fully saturated rings. The summed E-state index contributed by atoms with van der Waals surface area (Å²) >= 11 is 0. The van der Waals surface area contributed by atoms with Crippen molar-refractivity contribution < 1.29 is 23.2 Å². The maximum Gasteiger partial charge on any atom is 0.270 e. The molecule has 0 N–H and O–H groups in total. The number of nitrogens with zero attached hydrogens (tertiary/aromatic N) is 1. The van der Waals surface area contributed by atoms with Gasteiger partial charge >= 0.3 is 0 Å². The van der Waals surface area contributed by atoms with Gasteiger partial charge in [0.2, 0.25) is 0 Å². The molecule has 5 nitrogen and oxygen atoms in total. The maximum atomic E-state index is 13.0. The predicted molar refractivity (Wildman–Crippen MR) is 69.2 cm³/mol. The molecule has 21 heavy (non-hydrogen) atoms. The number of hydrogen-bond acceptors (Lipinski definition) is 4. The zero-order chi connectivity index (χ0) is 15.4. The summed E-state index contributed by atoms with van der Waals surface area (Å²) in [6.07, 6.45) is 0.424. The molecule has 0 aliphatic rings. The first-order valence-electron chi connectivity index (χ1n) is 5.81. The number of halogens is 2. The maximum absolute atomic E-state index is 13.0. The highest BCUT2D eigenvalue weighted by atomic mass is 19.2. The highest BCUT2D eigenvalue weighted by Gasteiger charge is 2.11. The minimum Gasteiger partial charge on any atom is -0.488 e. The minimum absolute atomic E-state index is 0.00628. The molecule has 0 aromatic heterocycles. The smallest absolute Gasteiger partial charge is 0.270 e. The summed E-state index contributed by atoms with van der Waals surface area (Å²) in [7, 11) is 0. The second-order valence-corrected chi connectivity index (χ2v) is 4.13. The summed E-state index contributed by atoms with van der Waals surface area (Å²) in [5.41, 5.74) is 0.133. The van der Waals surface area contributed by atoms with Gasteiger partial charge in [-0.05, 0) is 23.8 Å². The molecule has 0 atom stereocenters. The fourth-order valence-corrected chi connectivity index (χ4v) is 1.66. The lowest BCUT2D eigenvalue weighted by Gasteiger charge is -2.08. The Morgan fingerprint density at radius 2 is 1.90 bits per heavy atom. The van der Waals surface area contributed by atoms with Crippen LogP contribution in [0.3, 0.4) is 0 Å². The minimum atomic E-state index is -1.00. The van der Waals surface area contributed by atoms with Crippen LogP contribution in [0.2, 0.25) is 0 Å². The van der Waals surface area contributed by atoms with Crippen molar-refractivity contribution in [3.05, 3.63) is 69.3 Å². The van der Waals surface area contributed by atoms with Crippen LogP contribution in [0.25, 0.3) is 0 Å². The summed E-state index contributed by atoms with van der Waals surface area (Å²) in [6, 6.07) is 6.82. The fraction of sp³-hybridized carbons (Fsp3) is 0.0714. The number of hydrogen-bond donors (Lipinski definition) is 0. The van der Waals surface area contributed by atoms with Crippen molar-refractivity contribution >= 4 is 12.0 Å². The molecule has 2 aromatic rings. The molecule has 0 aliphatic heterocycles. The number of non-ortho nitro benzene ring substituents is 1. The molecule has 0 saturated carbocycles. The van der Waals surface area contributed by atoms with E-state index < -0.39 is 16.6 Å². The van der Waals surface area contributed by atoms with Gasteiger partial charge in [-0.25, -0.2) is 8.78 Å². The van der Waals surface area contributed by atoms with Crippen molar-refractivity contribution in [2.75, 3.05) is 0 Å². The number of carbonyl (C=O) groups is 1. The van der Waals surface area contributed by atoms with Gasteiger partial charge in [-0.3, -0.25) is 14.9 Å². The highest BCUT2D eigenvalue weighted by Crippen LogP contribution is 2.23. The van der Waals surface area contributed by atoms with Crippen LogP contribution in [0, 0.1) is 21.7 Å². The van der Waals surface area contributed by atoms with Crippen LogP contribution in [-0.2, 0) is 6.61 Å². The zero-order valence-electron chi connectivity index (χ0n) is 10.6. The van der Waals surface area contributed by atoms with E-state index in [1.165, 1.54) is 18.2 Å². The number of nitro benzene ring substituents is 1. The highest BCUT2D eigenvalue weighted by molar-refractivity contribution is 5.80. The van der Waals surface area contributed by atoms with E-state index >= 15 is 0 Å². The third-order valence-electron chi connectivity index (χ3n) is 2.71. The number of aldehydes is 1. The average molecular weight is 293 g/mol. The lowest BCUT2D eigenvalue weighted by atomic mass is 10.2. The van der Waals surface area contributed by atoms with E-state index in [0.717, 1.165) is 18.2 Å². The molecule has 0 bridgehead atoms. The van der Waals surface area contributed by atoms with Gasteiger partial charge in [-0.2, -0.15) is 0 Å². The summed E-state index contributed by atoms with van der Waals surface area (Å²) in [6.45, 7) is -0.101. The lowest BCUT2D eigenvalue weighted by molar-refractivity contribution is -0.384. The summed E-state index contributed by atoms with van der Waals surface area (Å²) in [4.78, 5) is 20.9. The van der Waals surface area contributed by atoms with Crippen LogP contribution >= 0.6 is 0 Å². The van der Waals surface area contributed by atoms with Crippen molar-refractivity contribution in [2.45, 2.75) is 6.61 Å². The number of rotatable bonds is 5. The largest absolute Gasteiger partial charge is 0.488 e. The van der Waals surface area contributed by atoms with Gasteiger partial charge in [-0.15, -0.1) is 0 Å². The Balaban J connectivity index is 2.17. The quantitative estimate of drug-likeness (QED) is 0.482. The van der Waals surface area contributed by atoms with Gasteiger partial charge in [-0.1, -0.05) is 6.07 Å². The number of nitro groups is 1. The van der Waals surface area contributed by atoms with Crippen molar-refractivity contribution in [2.24, 2.45) is 0 Å². The van der Waals surface area contributed by atoms with Crippen LogP contribution in [0.5, 0.6) is 5.75 Å². The van der Waals surface area contributed by atoms with Crippen LogP contribution < -0.4 is 4.74 Å². The van der Waals surface area contributed by atoms with Crippen molar-refractivity contribution in [3.8, 4) is 5.75 Å². The number of carbonyl (C=O) groups excluding carboxylic acids is 1.